The van der Waals surface area contributed by atoms with Crippen LogP contribution in [0.4, 0.5) is 0 Å². The monoisotopic (exact) mass is 240 g/mol. The summed E-state index contributed by atoms with van der Waals surface area (Å²) in [5, 5.41) is 0. The Bertz CT molecular complexity index is 216. The molecule has 100 valence electrons. The topological polar surface area (TPSA) is 47.3 Å². The van der Waals surface area contributed by atoms with E-state index in [0.29, 0.717) is 12.0 Å². The number of hydrazine groups is 1. The summed E-state index contributed by atoms with van der Waals surface area (Å²) in [6, 6.07) is 0.477. The second-order valence-corrected chi connectivity index (χ2v) is 5.87. The van der Waals surface area contributed by atoms with Gasteiger partial charge in [0.2, 0.25) is 0 Å². The van der Waals surface area contributed by atoms with Gasteiger partial charge in [-0.2, -0.15) is 0 Å². The molecule has 0 spiro atoms. The third-order valence-electron chi connectivity index (χ3n) is 4.80. The molecule has 3 N–H and O–H groups in total. The molecule has 1 aliphatic carbocycles. The summed E-state index contributed by atoms with van der Waals surface area (Å²) in [6.07, 6.45) is 9.33. The van der Waals surface area contributed by atoms with Crippen LogP contribution in [0.25, 0.3) is 0 Å². The summed E-state index contributed by atoms with van der Waals surface area (Å²) < 4.78 is 5.61. The minimum absolute atomic E-state index is 0.477. The van der Waals surface area contributed by atoms with Crippen LogP contribution in [0.3, 0.4) is 0 Å². The lowest BCUT2D eigenvalue weighted by Crippen LogP contribution is -2.49. The molecule has 3 nitrogen and oxygen atoms in total. The van der Waals surface area contributed by atoms with Gasteiger partial charge in [0.15, 0.2) is 0 Å². The zero-order valence-corrected chi connectivity index (χ0v) is 11.2. The Morgan fingerprint density at radius 2 is 2.06 bits per heavy atom. The Morgan fingerprint density at radius 3 is 2.71 bits per heavy atom. The molecule has 3 heteroatoms. The molecule has 4 atom stereocenters. The highest BCUT2D eigenvalue weighted by molar-refractivity contribution is 4.86. The number of hydrogen-bond acceptors (Lipinski definition) is 3. The van der Waals surface area contributed by atoms with E-state index in [4.69, 9.17) is 10.6 Å². The molecule has 1 saturated carbocycles. The van der Waals surface area contributed by atoms with Gasteiger partial charge in [-0.25, -0.2) is 0 Å². The zero-order valence-electron chi connectivity index (χ0n) is 11.2. The average Bonchev–Trinajstić information content (AvgIpc) is 2.41. The maximum Gasteiger partial charge on any atom is 0.0509 e. The maximum absolute atomic E-state index is 5.82. The summed E-state index contributed by atoms with van der Waals surface area (Å²) >= 11 is 0. The molecule has 0 aromatic heterocycles. The van der Waals surface area contributed by atoms with Crippen molar-refractivity contribution in [2.24, 2.45) is 23.6 Å². The van der Waals surface area contributed by atoms with Gasteiger partial charge in [0.05, 0.1) is 6.61 Å². The molecule has 1 saturated heterocycles. The van der Waals surface area contributed by atoms with Crippen LogP contribution in [-0.4, -0.2) is 19.3 Å². The summed E-state index contributed by atoms with van der Waals surface area (Å²) in [4.78, 5) is 0. The van der Waals surface area contributed by atoms with Crippen molar-refractivity contribution in [1.82, 2.24) is 5.43 Å². The number of ether oxygens (including phenoxy) is 1. The van der Waals surface area contributed by atoms with Crippen molar-refractivity contribution in [1.29, 1.82) is 0 Å². The van der Waals surface area contributed by atoms with Crippen LogP contribution in [0.15, 0.2) is 0 Å². The van der Waals surface area contributed by atoms with E-state index in [0.717, 1.165) is 25.0 Å². The van der Waals surface area contributed by atoms with Crippen molar-refractivity contribution in [2.45, 2.75) is 57.9 Å². The molecule has 2 aliphatic rings. The van der Waals surface area contributed by atoms with E-state index in [9.17, 15) is 0 Å². The Labute approximate surface area is 105 Å². The number of nitrogens with one attached hydrogen (secondary N) is 1. The van der Waals surface area contributed by atoms with Crippen molar-refractivity contribution >= 4 is 0 Å². The molecule has 0 aromatic carbocycles. The standard InChI is InChI=1S/C14H28N2O/c1-2-11-5-3-6-12(9-11)14(16-15)13-7-4-8-17-10-13/h11-14,16H,2-10,15H2,1H3. The first kappa shape index (κ1) is 13.3. The van der Waals surface area contributed by atoms with Crippen molar-refractivity contribution in [2.75, 3.05) is 13.2 Å². The quantitative estimate of drug-likeness (QED) is 0.586. The zero-order chi connectivity index (χ0) is 12.1. The first-order valence-electron chi connectivity index (χ1n) is 7.39. The summed E-state index contributed by atoms with van der Waals surface area (Å²) in [5.41, 5.74) is 3.11. The third kappa shape index (κ3) is 3.43. The van der Waals surface area contributed by atoms with Crippen LogP contribution in [0.1, 0.15) is 51.9 Å². The Kier molecular flexibility index (Phi) is 5.26. The van der Waals surface area contributed by atoms with Gasteiger partial charge in [0.25, 0.3) is 0 Å². The van der Waals surface area contributed by atoms with Crippen LogP contribution < -0.4 is 11.3 Å². The van der Waals surface area contributed by atoms with Gasteiger partial charge in [-0.3, -0.25) is 11.3 Å². The van der Waals surface area contributed by atoms with E-state index in [1.165, 1.54) is 44.9 Å². The van der Waals surface area contributed by atoms with Crippen molar-refractivity contribution in [3.05, 3.63) is 0 Å². The summed E-state index contributed by atoms with van der Waals surface area (Å²) in [6.45, 7) is 4.17. The SMILES string of the molecule is CCC1CCCC(C(NN)C2CCCOC2)C1. The van der Waals surface area contributed by atoms with Crippen molar-refractivity contribution in [3.63, 3.8) is 0 Å². The first-order chi connectivity index (χ1) is 8.35. The van der Waals surface area contributed by atoms with Crippen LogP contribution in [-0.2, 0) is 4.74 Å². The van der Waals surface area contributed by atoms with Gasteiger partial charge in [-0.05, 0) is 43.4 Å². The number of rotatable bonds is 4. The van der Waals surface area contributed by atoms with Gasteiger partial charge in [-0.15, -0.1) is 0 Å². The minimum atomic E-state index is 0.477. The fraction of sp³-hybridized carbons (Fsp3) is 1.00. The lowest BCUT2D eigenvalue weighted by molar-refractivity contribution is 0.0212. The Hall–Kier alpha value is -0.120. The van der Waals surface area contributed by atoms with Gasteiger partial charge in [-0.1, -0.05) is 26.2 Å². The highest BCUT2D eigenvalue weighted by atomic mass is 16.5. The van der Waals surface area contributed by atoms with Crippen molar-refractivity contribution in [3.8, 4) is 0 Å². The minimum Gasteiger partial charge on any atom is -0.381 e. The highest BCUT2D eigenvalue weighted by Crippen LogP contribution is 2.36. The van der Waals surface area contributed by atoms with Crippen LogP contribution in [0, 0.1) is 17.8 Å². The Morgan fingerprint density at radius 1 is 1.24 bits per heavy atom. The second-order valence-electron chi connectivity index (χ2n) is 5.87. The highest BCUT2D eigenvalue weighted by Gasteiger charge is 2.33. The fourth-order valence-corrected chi connectivity index (χ4v) is 3.74. The number of hydrogen-bond donors (Lipinski definition) is 2. The Balaban J connectivity index is 1.91. The number of nitrogens with two attached hydrogens (primary N) is 1. The molecular weight excluding hydrogens is 212 g/mol. The second kappa shape index (κ2) is 6.72. The lowest BCUT2D eigenvalue weighted by atomic mass is 9.73. The van der Waals surface area contributed by atoms with Gasteiger partial charge < -0.3 is 4.74 Å². The van der Waals surface area contributed by atoms with Crippen LogP contribution in [0.2, 0.25) is 0 Å². The molecule has 0 bridgehead atoms. The van der Waals surface area contributed by atoms with E-state index >= 15 is 0 Å². The molecule has 0 aromatic rings. The molecule has 2 fully saturated rings. The van der Waals surface area contributed by atoms with Crippen molar-refractivity contribution < 1.29 is 4.74 Å². The van der Waals surface area contributed by atoms with E-state index in [2.05, 4.69) is 12.3 Å². The average molecular weight is 240 g/mol. The smallest absolute Gasteiger partial charge is 0.0509 e. The molecule has 2 rings (SSSR count). The predicted octanol–water partition coefficient (Wildman–Crippen LogP) is 2.46. The summed E-state index contributed by atoms with van der Waals surface area (Å²) in [5.74, 6) is 8.14. The predicted molar refractivity (Wildman–Crippen MR) is 70.4 cm³/mol. The van der Waals surface area contributed by atoms with E-state index in [1.807, 2.05) is 0 Å². The maximum atomic E-state index is 5.82. The molecule has 1 aliphatic heterocycles. The molecule has 0 radical (unpaired) electrons. The van der Waals surface area contributed by atoms with Crippen LogP contribution in [0.5, 0.6) is 0 Å². The molecule has 0 amide bonds. The molecule has 4 unspecified atom stereocenters. The van der Waals surface area contributed by atoms with Gasteiger partial charge in [0.1, 0.15) is 0 Å². The van der Waals surface area contributed by atoms with Crippen LogP contribution >= 0.6 is 0 Å². The lowest BCUT2D eigenvalue weighted by Gasteiger charge is -2.39. The largest absolute Gasteiger partial charge is 0.381 e. The third-order valence-corrected chi connectivity index (χ3v) is 4.80. The molecular formula is C14H28N2O. The molecule has 1 heterocycles. The van der Waals surface area contributed by atoms with E-state index in [1.54, 1.807) is 0 Å². The van der Waals surface area contributed by atoms with Gasteiger partial charge in [0, 0.05) is 12.6 Å². The fourth-order valence-electron chi connectivity index (χ4n) is 3.74. The molecule has 17 heavy (non-hydrogen) atoms. The summed E-state index contributed by atoms with van der Waals surface area (Å²) in [7, 11) is 0. The van der Waals surface area contributed by atoms with Gasteiger partial charge >= 0.3 is 0 Å². The van der Waals surface area contributed by atoms with E-state index < -0.39 is 0 Å². The normalized spacial score (nSPS) is 36.7. The van der Waals surface area contributed by atoms with E-state index in [-0.39, 0.29) is 0 Å². The first-order valence-corrected chi connectivity index (χ1v) is 7.39.